The molecular weight excluding hydrogens is 200 g/mol. The van der Waals surface area contributed by atoms with Gasteiger partial charge in [0.1, 0.15) is 0 Å². The largest absolute Gasteiger partial charge is 0.323 e. The van der Waals surface area contributed by atoms with Crippen LogP contribution in [0.25, 0.3) is 0 Å². The van der Waals surface area contributed by atoms with E-state index in [2.05, 4.69) is 37.9 Å². The minimum absolute atomic E-state index is 0.147. The maximum absolute atomic E-state index is 12.2. The van der Waals surface area contributed by atoms with E-state index in [0.717, 1.165) is 25.2 Å². The Kier molecular flexibility index (Phi) is 2.99. The molecule has 1 aliphatic heterocycles. The third-order valence-corrected chi connectivity index (χ3v) is 3.93. The van der Waals surface area contributed by atoms with Crippen LogP contribution in [0.3, 0.4) is 0 Å². The van der Waals surface area contributed by atoms with Crippen LogP contribution in [0.15, 0.2) is 0 Å². The van der Waals surface area contributed by atoms with Crippen molar-refractivity contribution in [1.82, 2.24) is 10.2 Å². The lowest BCUT2D eigenvalue weighted by atomic mass is 10.0. The third kappa shape index (κ3) is 1.97. The van der Waals surface area contributed by atoms with Crippen LogP contribution in [0.5, 0.6) is 0 Å². The monoisotopic (exact) mass is 224 g/mol. The number of rotatable bonds is 4. The average molecular weight is 224 g/mol. The summed E-state index contributed by atoms with van der Waals surface area (Å²) in [5.41, 5.74) is -0.147. The van der Waals surface area contributed by atoms with Gasteiger partial charge in [-0.25, -0.2) is 0 Å². The van der Waals surface area contributed by atoms with Crippen molar-refractivity contribution in [3.05, 3.63) is 0 Å². The zero-order chi connectivity index (χ0) is 11.9. The highest BCUT2D eigenvalue weighted by molar-refractivity contribution is 5.92. The predicted molar refractivity (Wildman–Crippen MR) is 64.9 cm³/mol. The lowest BCUT2D eigenvalue weighted by molar-refractivity contribution is -0.132. The summed E-state index contributed by atoms with van der Waals surface area (Å²) in [6, 6.07) is 0.373. The standard InChI is InChI=1S/C13H24N2O/c1-9(2)5-6-10(3)15-11(4)14-13(7-8-13)12(15)16/h9-11,14H,5-8H2,1-4H3. The Morgan fingerprint density at radius 3 is 2.44 bits per heavy atom. The van der Waals surface area contributed by atoms with E-state index in [1.54, 1.807) is 0 Å². The summed E-state index contributed by atoms with van der Waals surface area (Å²) in [5.74, 6) is 1.06. The van der Waals surface area contributed by atoms with Crippen LogP contribution >= 0.6 is 0 Å². The SMILES string of the molecule is CC(C)CCC(C)N1C(=O)C2(CC2)NC1C. The molecule has 1 heterocycles. The van der Waals surface area contributed by atoms with Crippen molar-refractivity contribution in [3.63, 3.8) is 0 Å². The minimum Gasteiger partial charge on any atom is -0.323 e. The molecule has 2 unspecified atom stereocenters. The molecule has 3 heteroatoms. The van der Waals surface area contributed by atoms with Gasteiger partial charge in [-0.2, -0.15) is 0 Å². The Morgan fingerprint density at radius 2 is 2.00 bits per heavy atom. The van der Waals surface area contributed by atoms with E-state index in [1.165, 1.54) is 6.42 Å². The van der Waals surface area contributed by atoms with Gasteiger partial charge in [0, 0.05) is 6.04 Å². The second kappa shape index (κ2) is 4.02. The van der Waals surface area contributed by atoms with Crippen LogP contribution in [0.2, 0.25) is 0 Å². The molecule has 0 aromatic rings. The molecule has 16 heavy (non-hydrogen) atoms. The molecule has 1 saturated carbocycles. The second-order valence-corrected chi connectivity index (χ2v) is 5.94. The van der Waals surface area contributed by atoms with Crippen molar-refractivity contribution in [2.24, 2.45) is 5.92 Å². The molecule has 1 N–H and O–H groups in total. The zero-order valence-corrected chi connectivity index (χ0v) is 10.9. The maximum Gasteiger partial charge on any atom is 0.244 e. The molecule has 1 amide bonds. The molecule has 2 rings (SSSR count). The molecule has 3 nitrogen and oxygen atoms in total. The Labute approximate surface area is 98.6 Å². The molecule has 2 atom stereocenters. The van der Waals surface area contributed by atoms with Gasteiger partial charge in [0.25, 0.3) is 0 Å². The molecule has 2 fully saturated rings. The molecule has 1 spiro atoms. The Balaban J connectivity index is 1.95. The van der Waals surface area contributed by atoms with Crippen LogP contribution in [-0.2, 0) is 4.79 Å². The molecular formula is C13H24N2O. The van der Waals surface area contributed by atoms with Crippen LogP contribution in [-0.4, -0.2) is 28.6 Å². The van der Waals surface area contributed by atoms with Crippen LogP contribution in [0.4, 0.5) is 0 Å². The average Bonchev–Trinajstić information content (AvgIpc) is 2.90. The molecule has 2 aliphatic rings. The summed E-state index contributed by atoms with van der Waals surface area (Å²) in [4.78, 5) is 14.3. The Bertz CT molecular complexity index is 284. The predicted octanol–water partition coefficient (Wildman–Crippen LogP) is 2.12. The first kappa shape index (κ1) is 11.9. The minimum atomic E-state index is -0.147. The number of nitrogens with zero attached hydrogens (tertiary/aromatic N) is 1. The van der Waals surface area contributed by atoms with E-state index in [1.807, 2.05) is 0 Å². The number of carbonyl (C=O) groups is 1. The summed E-state index contributed by atoms with van der Waals surface area (Å²) in [6.07, 6.45) is 4.60. The van der Waals surface area contributed by atoms with E-state index in [0.29, 0.717) is 11.9 Å². The summed E-state index contributed by atoms with van der Waals surface area (Å²) < 4.78 is 0. The summed E-state index contributed by atoms with van der Waals surface area (Å²) >= 11 is 0. The Morgan fingerprint density at radius 1 is 1.38 bits per heavy atom. The van der Waals surface area contributed by atoms with Gasteiger partial charge in [0.05, 0.1) is 11.7 Å². The molecule has 0 bridgehead atoms. The number of amides is 1. The second-order valence-electron chi connectivity index (χ2n) is 5.94. The van der Waals surface area contributed by atoms with Gasteiger partial charge in [-0.15, -0.1) is 0 Å². The topological polar surface area (TPSA) is 32.3 Å². The third-order valence-electron chi connectivity index (χ3n) is 3.93. The van der Waals surface area contributed by atoms with Crippen molar-refractivity contribution >= 4 is 5.91 Å². The van der Waals surface area contributed by atoms with E-state index < -0.39 is 0 Å². The highest BCUT2D eigenvalue weighted by atomic mass is 16.2. The zero-order valence-electron chi connectivity index (χ0n) is 10.9. The van der Waals surface area contributed by atoms with Crippen molar-refractivity contribution < 1.29 is 4.79 Å². The fourth-order valence-corrected chi connectivity index (χ4v) is 2.73. The van der Waals surface area contributed by atoms with E-state index in [4.69, 9.17) is 0 Å². The van der Waals surface area contributed by atoms with Crippen LogP contribution in [0, 0.1) is 5.92 Å². The number of carbonyl (C=O) groups excluding carboxylic acids is 1. The summed E-state index contributed by atoms with van der Waals surface area (Å²) in [6.45, 7) is 8.77. The van der Waals surface area contributed by atoms with Gasteiger partial charge in [-0.05, 0) is 45.4 Å². The first-order valence-electron chi connectivity index (χ1n) is 6.57. The molecule has 1 saturated heterocycles. The summed E-state index contributed by atoms with van der Waals surface area (Å²) in [7, 11) is 0. The van der Waals surface area contributed by atoms with Gasteiger partial charge >= 0.3 is 0 Å². The maximum atomic E-state index is 12.2. The fourth-order valence-electron chi connectivity index (χ4n) is 2.73. The molecule has 92 valence electrons. The van der Waals surface area contributed by atoms with Gasteiger partial charge < -0.3 is 4.90 Å². The van der Waals surface area contributed by atoms with E-state index in [9.17, 15) is 4.79 Å². The van der Waals surface area contributed by atoms with Gasteiger partial charge in [-0.1, -0.05) is 13.8 Å². The number of hydrogen-bond acceptors (Lipinski definition) is 2. The Hall–Kier alpha value is -0.570. The fraction of sp³-hybridized carbons (Fsp3) is 0.923. The first-order chi connectivity index (χ1) is 7.46. The van der Waals surface area contributed by atoms with Gasteiger partial charge in [0.2, 0.25) is 5.91 Å². The quantitative estimate of drug-likeness (QED) is 0.793. The van der Waals surface area contributed by atoms with E-state index in [-0.39, 0.29) is 11.7 Å². The lowest BCUT2D eigenvalue weighted by Crippen LogP contribution is -2.41. The highest BCUT2D eigenvalue weighted by Crippen LogP contribution is 2.42. The van der Waals surface area contributed by atoms with E-state index >= 15 is 0 Å². The molecule has 0 aromatic heterocycles. The number of hydrogen-bond donors (Lipinski definition) is 1. The highest BCUT2D eigenvalue weighted by Gasteiger charge is 2.58. The molecule has 0 aromatic carbocycles. The van der Waals surface area contributed by atoms with Crippen molar-refractivity contribution in [1.29, 1.82) is 0 Å². The molecule has 0 radical (unpaired) electrons. The van der Waals surface area contributed by atoms with Crippen molar-refractivity contribution in [2.75, 3.05) is 0 Å². The van der Waals surface area contributed by atoms with Crippen LogP contribution < -0.4 is 5.32 Å². The molecule has 1 aliphatic carbocycles. The normalized spacial score (nSPS) is 29.2. The first-order valence-corrected chi connectivity index (χ1v) is 6.57. The van der Waals surface area contributed by atoms with Crippen LogP contribution in [0.1, 0.15) is 53.4 Å². The van der Waals surface area contributed by atoms with Crippen molar-refractivity contribution in [3.8, 4) is 0 Å². The lowest BCUT2D eigenvalue weighted by Gasteiger charge is -2.28. The van der Waals surface area contributed by atoms with Gasteiger partial charge in [-0.3, -0.25) is 10.1 Å². The van der Waals surface area contributed by atoms with Gasteiger partial charge in [0.15, 0.2) is 0 Å². The smallest absolute Gasteiger partial charge is 0.244 e. The summed E-state index contributed by atoms with van der Waals surface area (Å²) in [5, 5.41) is 3.45. The number of nitrogens with one attached hydrogen (secondary N) is 1. The van der Waals surface area contributed by atoms with Crippen molar-refractivity contribution in [2.45, 2.75) is 71.1 Å².